The highest BCUT2D eigenvalue weighted by Crippen LogP contribution is 2.24. The molecule has 1 N–H and O–H groups in total. The van der Waals surface area contributed by atoms with E-state index in [1.807, 2.05) is 4.90 Å². The van der Waals surface area contributed by atoms with Crippen LogP contribution in [0.25, 0.3) is 0 Å². The van der Waals surface area contributed by atoms with Crippen LogP contribution in [0.4, 0.5) is 0 Å². The van der Waals surface area contributed by atoms with Crippen molar-refractivity contribution in [2.24, 2.45) is 0 Å². The molecule has 1 amide bonds. The summed E-state index contributed by atoms with van der Waals surface area (Å²) in [6, 6.07) is 7.12. The Balaban J connectivity index is 2.11. The van der Waals surface area contributed by atoms with Crippen molar-refractivity contribution < 1.29 is 19.4 Å². The predicted octanol–water partition coefficient (Wildman–Crippen LogP) is 2.55. The van der Waals surface area contributed by atoms with E-state index in [0.717, 1.165) is 19.3 Å². The predicted molar refractivity (Wildman–Crippen MR) is 78.5 cm³/mol. The van der Waals surface area contributed by atoms with E-state index in [1.54, 1.807) is 31.4 Å². The minimum Gasteiger partial charge on any atom is -0.497 e. The normalized spacial score (nSPS) is 18.3. The summed E-state index contributed by atoms with van der Waals surface area (Å²) in [7, 11) is 1.57. The van der Waals surface area contributed by atoms with Crippen molar-refractivity contribution in [2.75, 3.05) is 13.7 Å². The van der Waals surface area contributed by atoms with Crippen LogP contribution in [0.15, 0.2) is 24.3 Å². The number of hydrogen-bond acceptors (Lipinski definition) is 3. The Bertz CT molecular complexity index is 515. The highest BCUT2D eigenvalue weighted by Gasteiger charge is 2.27. The lowest BCUT2D eigenvalue weighted by Crippen LogP contribution is -2.43. The van der Waals surface area contributed by atoms with Crippen molar-refractivity contribution >= 4 is 11.9 Å². The zero-order valence-corrected chi connectivity index (χ0v) is 12.2. The summed E-state index contributed by atoms with van der Waals surface area (Å²) < 4.78 is 5.15. The van der Waals surface area contributed by atoms with Gasteiger partial charge in [-0.2, -0.15) is 0 Å². The van der Waals surface area contributed by atoms with E-state index >= 15 is 0 Å². The molecule has 1 heterocycles. The van der Waals surface area contributed by atoms with Gasteiger partial charge in [-0.05, 0) is 43.9 Å². The number of piperidine rings is 1. The summed E-state index contributed by atoms with van der Waals surface area (Å²) in [5.74, 6) is -0.196. The van der Waals surface area contributed by atoms with Gasteiger partial charge in [-0.15, -0.1) is 0 Å². The van der Waals surface area contributed by atoms with Crippen LogP contribution in [0.2, 0.25) is 0 Å². The van der Waals surface area contributed by atoms with Gasteiger partial charge in [-0.1, -0.05) is 6.07 Å². The summed E-state index contributed by atoms with van der Waals surface area (Å²) >= 11 is 0. The maximum atomic E-state index is 12.6. The third-order valence-corrected chi connectivity index (χ3v) is 3.90. The molecule has 1 aliphatic heterocycles. The molecule has 1 aliphatic rings. The number of carbonyl (C=O) groups is 2. The number of likely N-dealkylation sites (tertiary alicyclic amines) is 1. The highest BCUT2D eigenvalue weighted by atomic mass is 16.5. The number of amides is 1. The van der Waals surface area contributed by atoms with Crippen LogP contribution in [-0.2, 0) is 4.79 Å². The third-order valence-electron chi connectivity index (χ3n) is 3.90. The summed E-state index contributed by atoms with van der Waals surface area (Å²) in [6.45, 7) is 0.695. The van der Waals surface area contributed by atoms with Gasteiger partial charge in [-0.3, -0.25) is 9.59 Å². The number of methoxy groups -OCH3 is 1. The average molecular weight is 291 g/mol. The molecule has 1 aromatic carbocycles. The Morgan fingerprint density at radius 3 is 2.90 bits per heavy atom. The lowest BCUT2D eigenvalue weighted by molar-refractivity contribution is -0.137. The number of aliphatic carboxylic acids is 1. The SMILES string of the molecule is COc1cccc(C(=O)N2CCCC[C@@H]2CCC(=O)O)c1. The second-order valence-electron chi connectivity index (χ2n) is 5.31. The first kappa shape index (κ1) is 15.4. The van der Waals surface area contributed by atoms with Gasteiger partial charge in [0.1, 0.15) is 5.75 Å². The van der Waals surface area contributed by atoms with Crippen molar-refractivity contribution in [1.29, 1.82) is 0 Å². The quantitative estimate of drug-likeness (QED) is 0.905. The van der Waals surface area contributed by atoms with Crippen LogP contribution >= 0.6 is 0 Å². The molecule has 0 aliphatic carbocycles. The minimum atomic E-state index is -0.811. The molecule has 1 fully saturated rings. The van der Waals surface area contributed by atoms with E-state index in [4.69, 9.17) is 9.84 Å². The molecule has 0 saturated carbocycles. The fraction of sp³-hybridized carbons (Fsp3) is 0.500. The number of benzene rings is 1. The zero-order chi connectivity index (χ0) is 15.2. The first-order chi connectivity index (χ1) is 10.1. The summed E-state index contributed by atoms with van der Waals surface area (Å²) in [6.07, 6.45) is 3.52. The van der Waals surface area contributed by atoms with Crippen molar-refractivity contribution in [3.63, 3.8) is 0 Å². The molecule has 1 saturated heterocycles. The molecular formula is C16H21NO4. The Kier molecular flexibility index (Phi) is 5.20. The number of carboxylic acid groups (broad SMARTS) is 1. The molecule has 5 nitrogen and oxygen atoms in total. The standard InChI is InChI=1S/C16H21NO4/c1-21-14-7-4-5-12(11-14)16(20)17-10-3-2-6-13(17)8-9-15(18)19/h4-5,7,11,13H,2-3,6,8-10H2,1H3,(H,18,19)/t13-/m1/s1. The van der Waals surface area contributed by atoms with E-state index in [9.17, 15) is 9.59 Å². The second-order valence-corrected chi connectivity index (χ2v) is 5.31. The third kappa shape index (κ3) is 3.97. The molecule has 5 heteroatoms. The number of nitrogens with zero attached hydrogens (tertiary/aromatic N) is 1. The zero-order valence-electron chi connectivity index (χ0n) is 12.2. The summed E-state index contributed by atoms with van der Waals surface area (Å²) in [4.78, 5) is 25.2. The maximum absolute atomic E-state index is 12.6. The molecule has 0 bridgehead atoms. The molecule has 0 radical (unpaired) electrons. The fourth-order valence-electron chi connectivity index (χ4n) is 2.78. The van der Waals surface area contributed by atoms with Crippen LogP contribution in [-0.4, -0.2) is 41.6 Å². The molecule has 114 valence electrons. The summed E-state index contributed by atoms with van der Waals surface area (Å²) in [5, 5.41) is 8.83. The Labute approximate surface area is 124 Å². The van der Waals surface area contributed by atoms with Gasteiger partial charge >= 0.3 is 5.97 Å². The molecule has 1 aromatic rings. The minimum absolute atomic E-state index is 0.0218. The molecular weight excluding hydrogens is 270 g/mol. The number of hydrogen-bond donors (Lipinski definition) is 1. The van der Waals surface area contributed by atoms with E-state index in [2.05, 4.69) is 0 Å². The van der Waals surface area contributed by atoms with Gasteiger partial charge in [0.2, 0.25) is 0 Å². The average Bonchev–Trinajstić information content (AvgIpc) is 2.52. The van der Waals surface area contributed by atoms with Gasteiger partial charge in [0.05, 0.1) is 7.11 Å². The smallest absolute Gasteiger partial charge is 0.303 e. The van der Waals surface area contributed by atoms with Gasteiger partial charge < -0.3 is 14.7 Å². The Morgan fingerprint density at radius 2 is 2.19 bits per heavy atom. The number of ether oxygens (including phenoxy) is 1. The van der Waals surface area contributed by atoms with Gasteiger partial charge in [0.15, 0.2) is 0 Å². The van der Waals surface area contributed by atoms with Crippen LogP contribution in [0, 0.1) is 0 Å². The van der Waals surface area contributed by atoms with Crippen molar-refractivity contribution in [3.8, 4) is 5.75 Å². The first-order valence-electron chi connectivity index (χ1n) is 7.28. The largest absolute Gasteiger partial charge is 0.497 e. The van der Waals surface area contributed by atoms with Crippen molar-refractivity contribution in [2.45, 2.75) is 38.1 Å². The number of carbonyl (C=O) groups excluding carboxylic acids is 1. The van der Waals surface area contributed by atoms with E-state index in [1.165, 1.54) is 0 Å². The van der Waals surface area contributed by atoms with Gasteiger partial charge in [0.25, 0.3) is 5.91 Å². The molecule has 2 rings (SSSR count). The van der Waals surface area contributed by atoms with Gasteiger partial charge in [-0.25, -0.2) is 0 Å². The number of rotatable bonds is 5. The van der Waals surface area contributed by atoms with Crippen LogP contribution in [0.3, 0.4) is 0 Å². The molecule has 21 heavy (non-hydrogen) atoms. The van der Waals surface area contributed by atoms with Crippen LogP contribution in [0.5, 0.6) is 5.75 Å². The van der Waals surface area contributed by atoms with E-state index < -0.39 is 5.97 Å². The summed E-state index contributed by atoms with van der Waals surface area (Å²) in [5.41, 5.74) is 0.594. The maximum Gasteiger partial charge on any atom is 0.303 e. The fourth-order valence-corrected chi connectivity index (χ4v) is 2.78. The lowest BCUT2D eigenvalue weighted by Gasteiger charge is -2.35. The van der Waals surface area contributed by atoms with Crippen LogP contribution < -0.4 is 4.74 Å². The molecule has 0 aromatic heterocycles. The second kappa shape index (κ2) is 7.11. The molecule has 0 spiro atoms. The van der Waals surface area contributed by atoms with E-state index in [0.29, 0.717) is 24.3 Å². The number of carboxylic acids is 1. The first-order valence-corrected chi connectivity index (χ1v) is 7.28. The van der Waals surface area contributed by atoms with E-state index in [-0.39, 0.29) is 18.4 Å². The Hall–Kier alpha value is -2.04. The molecule has 0 unspecified atom stereocenters. The lowest BCUT2D eigenvalue weighted by atomic mass is 9.97. The monoisotopic (exact) mass is 291 g/mol. The topological polar surface area (TPSA) is 66.8 Å². The van der Waals surface area contributed by atoms with Crippen molar-refractivity contribution in [1.82, 2.24) is 4.90 Å². The highest BCUT2D eigenvalue weighted by molar-refractivity contribution is 5.95. The van der Waals surface area contributed by atoms with Gasteiger partial charge in [0, 0.05) is 24.6 Å². The van der Waals surface area contributed by atoms with Crippen molar-refractivity contribution in [3.05, 3.63) is 29.8 Å². The van der Waals surface area contributed by atoms with Crippen LogP contribution in [0.1, 0.15) is 42.5 Å². The Morgan fingerprint density at radius 1 is 1.38 bits per heavy atom. The molecule has 1 atom stereocenters.